The summed E-state index contributed by atoms with van der Waals surface area (Å²) < 4.78 is 1.09. The predicted molar refractivity (Wildman–Crippen MR) is 78.0 cm³/mol. The van der Waals surface area contributed by atoms with Gasteiger partial charge in [-0.05, 0) is 31.5 Å². The lowest BCUT2D eigenvalue weighted by atomic mass is 10.1. The Labute approximate surface area is 116 Å². The van der Waals surface area contributed by atoms with Crippen molar-refractivity contribution >= 4 is 21.7 Å². The maximum Gasteiger partial charge on any atom is 0.135 e. The third-order valence-electron chi connectivity index (χ3n) is 2.95. The average Bonchev–Trinajstić information content (AvgIpc) is 2.36. The molecule has 1 heterocycles. The highest BCUT2D eigenvalue weighted by atomic mass is 79.9. The van der Waals surface area contributed by atoms with Crippen molar-refractivity contribution in [1.29, 1.82) is 0 Å². The standard InChI is InChI=1S/C14H16BrN3/c1-9-10(2)17-13(18-14(9)16-3)8-11-4-6-12(15)7-5-11/h4-7H,8H2,1-3H3,(H,16,17,18). The second-order valence-electron chi connectivity index (χ2n) is 4.25. The van der Waals surface area contributed by atoms with Crippen LogP contribution in [0.5, 0.6) is 0 Å². The van der Waals surface area contributed by atoms with Gasteiger partial charge in [-0.2, -0.15) is 0 Å². The lowest BCUT2D eigenvalue weighted by Gasteiger charge is -2.09. The van der Waals surface area contributed by atoms with E-state index in [4.69, 9.17) is 0 Å². The smallest absolute Gasteiger partial charge is 0.135 e. The van der Waals surface area contributed by atoms with E-state index in [-0.39, 0.29) is 0 Å². The second-order valence-corrected chi connectivity index (χ2v) is 5.17. The molecule has 0 aliphatic carbocycles. The summed E-state index contributed by atoms with van der Waals surface area (Å²) in [5.41, 5.74) is 3.35. The van der Waals surface area contributed by atoms with Crippen LogP contribution in [0.15, 0.2) is 28.7 Å². The molecule has 2 aromatic rings. The molecule has 1 N–H and O–H groups in total. The van der Waals surface area contributed by atoms with Gasteiger partial charge in [-0.3, -0.25) is 0 Å². The number of hydrogen-bond donors (Lipinski definition) is 1. The van der Waals surface area contributed by atoms with Crippen LogP contribution in [-0.4, -0.2) is 17.0 Å². The van der Waals surface area contributed by atoms with E-state index in [1.54, 1.807) is 0 Å². The minimum atomic E-state index is 0.753. The maximum absolute atomic E-state index is 4.54. The van der Waals surface area contributed by atoms with Gasteiger partial charge < -0.3 is 5.32 Å². The molecule has 0 aliphatic rings. The highest BCUT2D eigenvalue weighted by Crippen LogP contribution is 2.17. The molecular formula is C14H16BrN3. The summed E-state index contributed by atoms with van der Waals surface area (Å²) in [6.07, 6.45) is 0.753. The molecular weight excluding hydrogens is 290 g/mol. The minimum Gasteiger partial charge on any atom is -0.373 e. The topological polar surface area (TPSA) is 37.8 Å². The number of benzene rings is 1. The van der Waals surface area contributed by atoms with Crippen molar-refractivity contribution in [2.75, 3.05) is 12.4 Å². The minimum absolute atomic E-state index is 0.753. The highest BCUT2D eigenvalue weighted by molar-refractivity contribution is 9.10. The van der Waals surface area contributed by atoms with Crippen LogP contribution in [0.3, 0.4) is 0 Å². The predicted octanol–water partition coefficient (Wildman–Crippen LogP) is 3.49. The first-order valence-electron chi connectivity index (χ1n) is 5.86. The fourth-order valence-electron chi connectivity index (χ4n) is 1.79. The van der Waals surface area contributed by atoms with E-state index in [2.05, 4.69) is 43.3 Å². The summed E-state index contributed by atoms with van der Waals surface area (Å²) in [7, 11) is 1.89. The molecule has 0 unspecified atom stereocenters. The lowest BCUT2D eigenvalue weighted by Crippen LogP contribution is -2.05. The van der Waals surface area contributed by atoms with E-state index in [1.807, 2.05) is 33.0 Å². The van der Waals surface area contributed by atoms with Crippen molar-refractivity contribution in [3.8, 4) is 0 Å². The number of nitrogens with zero attached hydrogens (tertiary/aromatic N) is 2. The molecule has 0 radical (unpaired) electrons. The second kappa shape index (κ2) is 5.48. The Bertz CT molecular complexity index is 550. The molecule has 0 saturated heterocycles. The van der Waals surface area contributed by atoms with E-state index in [0.717, 1.165) is 33.8 Å². The van der Waals surface area contributed by atoms with Gasteiger partial charge in [0.1, 0.15) is 11.6 Å². The summed E-state index contributed by atoms with van der Waals surface area (Å²) in [4.78, 5) is 9.07. The van der Waals surface area contributed by atoms with Gasteiger partial charge in [-0.25, -0.2) is 9.97 Å². The normalized spacial score (nSPS) is 10.4. The Kier molecular flexibility index (Phi) is 3.97. The number of halogens is 1. The van der Waals surface area contributed by atoms with Gasteiger partial charge in [0.2, 0.25) is 0 Å². The summed E-state index contributed by atoms with van der Waals surface area (Å²) in [5.74, 6) is 1.76. The van der Waals surface area contributed by atoms with E-state index in [9.17, 15) is 0 Å². The van der Waals surface area contributed by atoms with Gasteiger partial charge in [0.05, 0.1) is 0 Å². The SMILES string of the molecule is CNc1nc(Cc2ccc(Br)cc2)nc(C)c1C. The van der Waals surface area contributed by atoms with Crippen molar-refractivity contribution in [2.24, 2.45) is 0 Å². The molecule has 3 nitrogen and oxygen atoms in total. The van der Waals surface area contributed by atoms with Gasteiger partial charge in [0, 0.05) is 29.2 Å². The van der Waals surface area contributed by atoms with E-state index >= 15 is 0 Å². The third kappa shape index (κ3) is 2.88. The summed E-state index contributed by atoms with van der Waals surface area (Å²) in [5, 5.41) is 3.11. The average molecular weight is 306 g/mol. The lowest BCUT2D eigenvalue weighted by molar-refractivity contribution is 0.929. The van der Waals surface area contributed by atoms with Gasteiger partial charge in [-0.15, -0.1) is 0 Å². The van der Waals surface area contributed by atoms with Gasteiger partial charge >= 0.3 is 0 Å². The molecule has 94 valence electrons. The van der Waals surface area contributed by atoms with Crippen LogP contribution in [-0.2, 0) is 6.42 Å². The molecule has 18 heavy (non-hydrogen) atoms. The Hall–Kier alpha value is -1.42. The first-order chi connectivity index (χ1) is 8.60. The van der Waals surface area contributed by atoms with Crippen LogP contribution in [0.1, 0.15) is 22.6 Å². The van der Waals surface area contributed by atoms with Crippen molar-refractivity contribution in [3.63, 3.8) is 0 Å². The highest BCUT2D eigenvalue weighted by Gasteiger charge is 2.07. The number of rotatable bonds is 3. The van der Waals surface area contributed by atoms with Crippen LogP contribution in [0.2, 0.25) is 0 Å². The first-order valence-corrected chi connectivity index (χ1v) is 6.65. The number of nitrogens with one attached hydrogen (secondary N) is 1. The fourth-order valence-corrected chi connectivity index (χ4v) is 2.06. The van der Waals surface area contributed by atoms with Crippen molar-refractivity contribution < 1.29 is 0 Å². The number of aryl methyl sites for hydroxylation is 1. The zero-order chi connectivity index (χ0) is 13.1. The Balaban J connectivity index is 2.29. The quantitative estimate of drug-likeness (QED) is 0.943. The van der Waals surface area contributed by atoms with Gasteiger partial charge in [0.15, 0.2) is 0 Å². The number of aromatic nitrogens is 2. The monoisotopic (exact) mass is 305 g/mol. The van der Waals surface area contributed by atoms with Crippen LogP contribution in [0.25, 0.3) is 0 Å². The first kappa shape index (κ1) is 13.0. The van der Waals surface area contributed by atoms with Gasteiger partial charge in [-0.1, -0.05) is 28.1 Å². The van der Waals surface area contributed by atoms with E-state index < -0.39 is 0 Å². The van der Waals surface area contributed by atoms with Crippen molar-refractivity contribution in [3.05, 3.63) is 51.4 Å². The molecule has 0 saturated carbocycles. The van der Waals surface area contributed by atoms with Crippen LogP contribution < -0.4 is 5.32 Å². The van der Waals surface area contributed by atoms with Crippen LogP contribution in [0.4, 0.5) is 5.82 Å². The zero-order valence-corrected chi connectivity index (χ0v) is 12.4. The van der Waals surface area contributed by atoms with Crippen LogP contribution >= 0.6 is 15.9 Å². The third-order valence-corrected chi connectivity index (χ3v) is 3.48. The van der Waals surface area contributed by atoms with Crippen molar-refractivity contribution in [2.45, 2.75) is 20.3 Å². The molecule has 0 amide bonds. The molecule has 0 aliphatic heterocycles. The molecule has 0 spiro atoms. The molecule has 0 atom stereocenters. The molecule has 0 bridgehead atoms. The molecule has 4 heteroatoms. The Morgan fingerprint density at radius 3 is 2.39 bits per heavy atom. The van der Waals surface area contributed by atoms with Crippen LogP contribution in [0, 0.1) is 13.8 Å². The van der Waals surface area contributed by atoms with Crippen molar-refractivity contribution in [1.82, 2.24) is 9.97 Å². The number of anilines is 1. The summed E-state index contributed by atoms with van der Waals surface area (Å²) in [6.45, 7) is 4.05. The largest absolute Gasteiger partial charge is 0.373 e. The zero-order valence-electron chi connectivity index (χ0n) is 10.8. The summed E-state index contributed by atoms with van der Waals surface area (Å²) in [6, 6.07) is 8.24. The molecule has 2 rings (SSSR count). The van der Waals surface area contributed by atoms with Gasteiger partial charge in [0.25, 0.3) is 0 Å². The van der Waals surface area contributed by atoms with E-state index in [1.165, 1.54) is 5.56 Å². The summed E-state index contributed by atoms with van der Waals surface area (Å²) >= 11 is 3.43. The fraction of sp³-hybridized carbons (Fsp3) is 0.286. The molecule has 1 aromatic heterocycles. The molecule has 1 aromatic carbocycles. The Morgan fingerprint density at radius 2 is 1.78 bits per heavy atom. The number of hydrogen-bond acceptors (Lipinski definition) is 3. The molecule has 0 fully saturated rings. The maximum atomic E-state index is 4.54. The Morgan fingerprint density at radius 1 is 1.11 bits per heavy atom. The van der Waals surface area contributed by atoms with E-state index in [0.29, 0.717) is 0 Å².